The van der Waals surface area contributed by atoms with Gasteiger partial charge in [-0.3, -0.25) is 9.88 Å². The molecule has 0 saturated carbocycles. The lowest BCUT2D eigenvalue weighted by Crippen LogP contribution is -2.54. The number of hydrogen-bond donors (Lipinski definition) is 1. The summed E-state index contributed by atoms with van der Waals surface area (Å²) in [7, 11) is 0. The highest BCUT2D eigenvalue weighted by Gasteiger charge is 2.27. The van der Waals surface area contributed by atoms with E-state index in [0.29, 0.717) is 11.7 Å². The van der Waals surface area contributed by atoms with Crippen molar-refractivity contribution in [2.75, 3.05) is 31.1 Å². The number of pyridine rings is 1. The summed E-state index contributed by atoms with van der Waals surface area (Å²) in [6.45, 7) is 7.59. The molecule has 0 radical (unpaired) electrons. The lowest BCUT2D eigenvalue weighted by molar-refractivity contribution is 0.0884. The number of rotatable bonds is 4. The fourth-order valence-electron chi connectivity index (χ4n) is 3.09. The Balaban J connectivity index is 1.77. The number of aliphatic hydroxyl groups is 1. The van der Waals surface area contributed by atoms with Crippen LogP contribution in [-0.4, -0.2) is 63.3 Å². The molecule has 2 unspecified atom stereocenters. The lowest BCUT2D eigenvalue weighted by atomic mass is 10.1. The standard InChI is InChI=1S/C16H23N5O/c1-3-13-11-21(9-8-20(13)10-12(2)22)15-5-4-14-16(19-15)18-7-6-17-14/h4-7,12-13,22H,3,8-11H2,1-2H3. The van der Waals surface area contributed by atoms with Crippen LogP contribution in [0.3, 0.4) is 0 Å². The fraction of sp³-hybridized carbons (Fsp3) is 0.562. The molecule has 6 nitrogen and oxygen atoms in total. The van der Waals surface area contributed by atoms with Gasteiger partial charge in [-0.15, -0.1) is 0 Å². The second-order valence-electron chi connectivity index (χ2n) is 5.92. The molecule has 1 fully saturated rings. The van der Waals surface area contributed by atoms with Gasteiger partial charge in [0.1, 0.15) is 11.3 Å². The molecule has 0 aliphatic carbocycles. The normalized spacial score (nSPS) is 21.2. The van der Waals surface area contributed by atoms with E-state index in [9.17, 15) is 5.11 Å². The zero-order valence-electron chi connectivity index (χ0n) is 13.2. The van der Waals surface area contributed by atoms with E-state index >= 15 is 0 Å². The van der Waals surface area contributed by atoms with Crippen LogP contribution in [0.1, 0.15) is 20.3 Å². The maximum atomic E-state index is 9.64. The van der Waals surface area contributed by atoms with E-state index in [1.165, 1.54) is 0 Å². The number of nitrogens with zero attached hydrogens (tertiary/aromatic N) is 5. The first-order valence-electron chi connectivity index (χ1n) is 7.92. The summed E-state index contributed by atoms with van der Waals surface area (Å²) in [5.74, 6) is 0.961. The van der Waals surface area contributed by atoms with E-state index in [2.05, 4.69) is 31.7 Å². The summed E-state index contributed by atoms with van der Waals surface area (Å²) >= 11 is 0. The number of fused-ring (bicyclic) bond motifs is 1. The van der Waals surface area contributed by atoms with Crippen molar-refractivity contribution < 1.29 is 5.11 Å². The summed E-state index contributed by atoms with van der Waals surface area (Å²) in [4.78, 5) is 17.9. The zero-order chi connectivity index (χ0) is 15.5. The molecule has 22 heavy (non-hydrogen) atoms. The van der Waals surface area contributed by atoms with Crippen molar-refractivity contribution in [1.82, 2.24) is 19.9 Å². The van der Waals surface area contributed by atoms with Crippen molar-refractivity contribution in [3.05, 3.63) is 24.5 Å². The van der Waals surface area contributed by atoms with Gasteiger partial charge in [0.25, 0.3) is 0 Å². The highest BCUT2D eigenvalue weighted by molar-refractivity contribution is 5.71. The molecule has 0 amide bonds. The topological polar surface area (TPSA) is 65.4 Å². The first kappa shape index (κ1) is 15.1. The van der Waals surface area contributed by atoms with Crippen molar-refractivity contribution in [3.8, 4) is 0 Å². The van der Waals surface area contributed by atoms with E-state index in [4.69, 9.17) is 0 Å². The third-order valence-corrected chi connectivity index (χ3v) is 4.22. The van der Waals surface area contributed by atoms with Crippen LogP contribution in [0.25, 0.3) is 11.2 Å². The molecule has 3 heterocycles. The number of β-amino-alcohol motifs (C(OH)–C–C–N with tert-alkyl or cyclic N) is 1. The molecule has 0 aromatic carbocycles. The molecule has 1 saturated heterocycles. The molecule has 3 rings (SSSR count). The molecule has 0 spiro atoms. The highest BCUT2D eigenvalue weighted by atomic mass is 16.3. The summed E-state index contributed by atoms with van der Waals surface area (Å²) in [5.41, 5.74) is 1.52. The van der Waals surface area contributed by atoms with Crippen LogP contribution in [0.15, 0.2) is 24.5 Å². The predicted molar refractivity (Wildman–Crippen MR) is 86.9 cm³/mol. The number of anilines is 1. The van der Waals surface area contributed by atoms with Crippen LogP contribution in [-0.2, 0) is 0 Å². The third-order valence-electron chi connectivity index (χ3n) is 4.22. The molecular formula is C16H23N5O. The first-order valence-corrected chi connectivity index (χ1v) is 7.92. The smallest absolute Gasteiger partial charge is 0.180 e. The van der Waals surface area contributed by atoms with Gasteiger partial charge in [0.15, 0.2) is 5.65 Å². The minimum atomic E-state index is -0.283. The molecule has 118 valence electrons. The van der Waals surface area contributed by atoms with Gasteiger partial charge < -0.3 is 10.0 Å². The molecule has 2 aromatic heterocycles. The average molecular weight is 301 g/mol. The minimum Gasteiger partial charge on any atom is -0.392 e. The quantitative estimate of drug-likeness (QED) is 0.918. The average Bonchev–Trinajstić information content (AvgIpc) is 2.54. The van der Waals surface area contributed by atoms with Gasteiger partial charge in [0.05, 0.1) is 6.10 Å². The fourth-order valence-corrected chi connectivity index (χ4v) is 3.09. The Morgan fingerprint density at radius 2 is 2.09 bits per heavy atom. The Morgan fingerprint density at radius 1 is 1.27 bits per heavy atom. The number of aromatic nitrogens is 3. The number of aliphatic hydroxyl groups excluding tert-OH is 1. The van der Waals surface area contributed by atoms with Crippen molar-refractivity contribution in [1.29, 1.82) is 0 Å². The molecule has 2 atom stereocenters. The molecular weight excluding hydrogens is 278 g/mol. The second kappa shape index (κ2) is 6.54. The van der Waals surface area contributed by atoms with Gasteiger partial charge in [-0.25, -0.2) is 9.97 Å². The molecule has 0 bridgehead atoms. The highest BCUT2D eigenvalue weighted by Crippen LogP contribution is 2.20. The summed E-state index contributed by atoms with van der Waals surface area (Å²) < 4.78 is 0. The zero-order valence-corrected chi connectivity index (χ0v) is 13.2. The van der Waals surface area contributed by atoms with Gasteiger partial charge in [-0.1, -0.05) is 6.92 Å². The number of piperazine rings is 1. The van der Waals surface area contributed by atoms with Gasteiger partial charge >= 0.3 is 0 Å². The number of hydrogen-bond acceptors (Lipinski definition) is 6. The molecule has 6 heteroatoms. The maximum Gasteiger partial charge on any atom is 0.180 e. The minimum absolute atomic E-state index is 0.283. The maximum absolute atomic E-state index is 9.64. The summed E-state index contributed by atoms with van der Waals surface area (Å²) in [5, 5.41) is 9.64. The Bertz CT molecular complexity index is 633. The van der Waals surface area contributed by atoms with Crippen molar-refractivity contribution in [2.45, 2.75) is 32.4 Å². The first-order chi connectivity index (χ1) is 10.7. The third kappa shape index (κ3) is 3.18. The van der Waals surface area contributed by atoms with Gasteiger partial charge in [0.2, 0.25) is 0 Å². The molecule has 2 aromatic rings. The van der Waals surface area contributed by atoms with Crippen LogP contribution in [0.4, 0.5) is 5.82 Å². The van der Waals surface area contributed by atoms with Crippen molar-refractivity contribution in [2.24, 2.45) is 0 Å². The molecule has 1 aliphatic heterocycles. The van der Waals surface area contributed by atoms with Crippen LogP contribution >= 0.6 is 0 Å². The van der Waals surface area contributed by atoms with Crippen LogP contribution in [0.2, 0.25) is 0 Å². The predicted octanol–water partition coefficient (Wildman–Crippen LogP) is 1.31. The lowest BCUT2D eigenvalue weighted by Gasteiger charge is -2.42. The Labute approximate surface area is 130 Å². The SMILES string of the molecule is CCC1CN(c2ccc3nccnc3n2)CCN1CC(C)O. The van der Waals surface area contributed by atoms with E-state index < -0.39 is 0 Å². The van der Waals surface area contributed by atoms with E-state index in [-0.39, 0.29) is 6.10 Å². The van der Waals surface area contributed by atoms with Crippen LogP contribution in [0.5, 0.6) is 0 Å². The largest absolute Gasteiger partial charge is 0.392 e. The van der Waals surface area contributed by atoms with E-state index in [1.807, 2.05) is 19.1 Å². The van der Waals surface area contributed by atoms with Crippen molar-refractivity contribution >= 4 is 17.0 Å². The molecule has 1 aliphatic rings. The monoisotopic (exact) mass is 301 g/mol. The Hall–Kier alpha value is -1.79. The second-order valence-corrected chi connectivity index (χ2v) is 5.92. The van der Waals surface area contributed by atoms with E-state index in [0.717, 1.165) is 43.9 Å². The van der Waals surface area contributed by atoms with Gasteiger partial charge in [0, 0.05) is 44.6 Å². The molecule has 1 N–H and O–H groups in total. The summed E-state index contributed by atoms with van der Waals surface area (Å²) in [6, 6.07) is 4.45. The van der Waals surface area contributed by atoms with Gasteiger partial charge in [-0.05, 0) is 25.5 Å². The van der Waals surface area contributed by atoms with Crippen LogP contribution in [0, 0.1) is 0 Å². The Morgan fingerprint density at radius 3 is 2.86 bits per heavy atom. The van der Waals surface area contributed by atoms with Crippen LogP contribution < -0.4 is 4.90 Å². The summed E-state index contributed by atoms with van der Waals surface area (Å²) in [6.07, 6.45) is 4.14. The van der Waals surface area contributed by atoms with Gasteiger partial charge in [-0.2, -0.15) is 0 Å². The van der Waals surface area contributed by atoms with Crippen molar-refractivity contribution in [3.63, 3.8) is 0 Å². The Kier molecular flexibility index (Phi) is 4.49. The van der Waals surface area contributed by atoms with E-state index in [1.54, 1.807) is 12.4 Å².